The second kappa shape index (κ2) is 8.35. The Kier molecular flexibility index (Phi) is 5.33. The van der Waals surface area contributed by atoms with Gasteiger partial charge in [-0.2, -0.15) is 0 Å². The Morgan fingerprint density at radius 3 is 2.24 bits per heavy atom. The van der Waals surface area contributed by atoms with Crippen molar-refractivity contribution in [1.82, 2.24) is 10.2 Å². The maximum Gasteiger partial charge on any atom is 0.407 e. The predicted molar refractivity (Wildman–Crippen MR) is 119 cm³/mol. The lowest BCUT2D eigenvalue weighted by Crippen LogP contribution is -2.67. The number of amides is 2. The molecule has 2 amide bonds. The number of furan rings is 1. The average Bonchev–Trinajstić information content (AvgIpc) is 3.42. The predicted octanol–water partition coefficient (Wildman–Crippen LogP) is 2.59. The van der Waals surface area contributed by atoms with E-state index in [1.165, 1.54) is 11.0 Å². The van der Waals surface area contributed by atoms with Crippen LogP contribution in [0.5, 0.6) is 0 Å². The molecule has 2 aromatic carbocycles. The highest BCUT2D eigenvalue weighted by Gasteiger charge is 2.50. The van der Waals surface area contributed by atoms with Crippen LogP contribution in [0.3, 0.4) is 0 Å². The van der Waals surface area contributed by atoms with Crippen LogP contribution in [0.15, 0.2) is 65.1 Å². The Morgan fingerprint density at radius 1 is 1.00 bits per heavy atom. The molecule has 3 aromatic rings. The van der Waals surface area contributed by atoms with Crippen LogP contribution in [-0.4, -0.2) is 58.4 Å². The van der Waals surface area contributed by atoms with E-state index in [0.29, 0.717) is 5.76 Å². The lowest BCUT2D eigenvalue weighted by Gasteiger charge is -2.42. The van der Waals surface area contributed by atoms with E-state index < -0.39 is 23.6 Å². The van der Waals surface area contributed by atoms with Gasteiger partial charge in [-0.05, 0) is 34.4 Å². The van der Waals surface area contributed by atoms with Gasteiger partial charge in [0.2, 0.25) is 0 Å². The van der Waals surface area contributed by atoms with Gasteiger partial charge in [0.05, 0.1) is 19.6 Å². The number of carboxylic acids is 1. The van der Waals surface area contributed by atoms with Crippen molar-refractivity contribution in [2.75, 3.05) is 19.7 Å². The fraction of sp³-hybridized carbons (Fsp3) is 0.240. The number of carboxylic acid groups (broad SMARTS) is 1. The van der Waals surface area contributed by atoms with E-state index >= 15 is 0 Å². The summed E-state index contributed by atoms with van der Waals surface area (Å²) in [7, 11) is 0. The quantitative estimate of drug-likeness (QED) is 0.513. The number of aliphatic hydroxyl groups is 1. The number of aliphatic carboxylic acids is 1. The molecular formula is C25H22N2O7. The minimum atomic E-state index is -1.92. The summed E-state index contributed by atoms with van der Waals surface area (Å²) >= 11 is 0. The van der Waals surface area contributed by atoms with Crippen LogP contribution in [-0.2, 0) is 16.1 Å². The van der Waals surface area contributed by atoms with Crippen LogP contribution >= 0.6 is 0 Å². The lowest BCUT2D eigenvalue weighted by molar-refractivity contribution is -0.173. The summed E-state index contributed by atoms with van der Waals surface area (Å²) in [6.45, 7) is -0.420. The van der Waals surface area contributed by atoms with Crippen molar-refractivity contribution in [3.8, 4) is 11.1 Å². The highest BCUT2D eigenvalue weighted by molar-refractivity contribution is 5.94. The molecule has 1 aliphatic heterocycles. The normalized spacial score (nSPS) is 15.7. The van der Waals surface area contributed by atoms with Gasteiger partial charge in [0, 0.05) is 5.92 Å². The van der Waals surface area contributed by atoms with Gasteiger partial charge in [-0.25, -0.2) is 9.59 Å². The summed E-state index contributed by atoms with van der Waals surface area (Å²) in [6, 6.07) is 19.1. The van der Waals surface area contributed by atoms with E-state index in [4.69, 9.17) is 14.3 Å². The minimum absolute atomic E-state index is 0.00299. The van der Waals surface area contributed by atoms with Crippen LogP contribution in [0, 0.1) is 0 Å². The Hall–Kier alpha value is -4.11. The molecule has 34 heavy (non-hydrogen) atoms. The molecule has 1 aromatic heterocycles. The van der Waals surface area contributed by atoms with Crippen molar-refractivity contribution in [1.29, 1.82) is 0 Å². The summed E-state index contributed by atoms with van der Waals surface area (Å²) in [6.07, 6.45) is -0.611. The number of benzene rings is 2. The molecule has 0 bridgehead atoms. The number of likely N-dealkylation sites (tertiary alicyclic amines) is 1. The van der Waals surface area contributed by atoms with Crippen molar-refractivity contribution in [2.24, 2.45) is 0 Å². The first-order valence-electron chi connectivity index (χ1n) is 10.8. The number of ether oxygens (including phenoxy) is 1. The average molecular weight is 462 g/mol. The number of carbonyl (C=O) groups excluding carboxylic acids is 2. The van der Waals surface area contributed by atoms with Crippen LogP contribution in [0.1, 0.15) is 33.4 Å². The number of carbonyl (C=O) groups is 3. The van der Waals surface area contributed by atoms with Crippen molar-refractivity contribution in [3.63, 3.8) is 0 Å². The summed E-state index contributed by atoms with van der Waals surface area (Å²) < 4.78 is 10.9. The number of nitrogens with zero attached hydrogens (tertiary/aromatic N) is 1. The van der Waals surface area contributed by atoms with Crippen LogP contribution in [0.4, 0.5) is 4.79 Å². The zero-order valence-electron chi connectivity index (χ0n) is 18.1. The second-order valence-electron chi connectivity index (χ2n) is 8.44. The van der Waals surface area contributed by atoms with Crippen molar-refractivity contribution in [2.45, 2.75) is 18.1 Å². The highest BCUT2D eigenvalue weighted by Crippen LogP contribution is 2.44. The van der Waals surface area contributed by atoms with E-state index in [-0.39, 0.29) is 37.9 Å². The minimum Gasteiger partial charge on any atom is -0.479 e. The van der Waals surface area contributed by atoms with Gasteiger partial charge >= 0.3 is 12.1 Å². The summed E-state index contributed by atoms with van der Waals surface area (Å²) in [4.78, 5) is 36.8. The molecule has 174 valence electrons. The number of hydrogen-bond donors (Lipinski definition) is 3. The Bertz CT molecular complexity index is 1230. The van der Waals surface area contributed by atoms with Gasteiger partial charge in [-0.3, -0.25) is 4.79 Å². The van der Waals surface area contributed by atoms with E-state index in [9.17, 15) is 19.5 Å². The number of alkyl carbamates (subject to hydrolysis) is 1. The largest absolute Gasteiger partial charge is 0.479 e. The molecule has 1 saturated heterocycles. The van der Waals surface area contributed by atoms with Crippen molar-refractivity contribution < 1.29 is 33.8 Å². The maximum atomic E-state index is 12.4. The van der Waals surface area contributed by atoms with Crippen LogP contribution < -0.4 is 5.32 Å². The maximum absolute atomic E-state index is 12.4. The molecule has 0 saturated carbocycles. The molecule has 5 rings (SSSR count). The number of rotatable bonds is 6. The van der Waals surface area contributed by atoms with E-state index in [1.807, 2.05) is 36.4 Å². The number of nitrogens with one attached hydrogen (secondary N) is 1. The van der Waals surface area contributed by atoms with Gasteiger partial charge in [0.25, 0.3) is 5.91 Å². The SMILES string of the molecule is O=C(NCc1ccc(C(=O)N2CC(O)(C(=O)O)C2)o1)OCC1c2ccccc2-c2ccccc21. The van der Waals surface area contributed by atoms with Crippen LogP contribution in [0.25, 0.3) is 11.1 Å². The van der Waals surface area contributed by atoms with Gasteiger partial charge in [-0.1, -0.05) is 48.5 Å². The van der Waals surface area contributed by atoms with Gasteiger partial charge in [-0.15, -0.1) is 0 Å². The van der Waals surface area contributed by atoms with Crippen LogP contribution in [0.2, 0.25) is 0 Å². The van der Waals surface area contributed by atoms with E-state index in [2.05, 4.69) is 17.4 Å². The Labute approximate surface area is 194 Å². The first-order chi connectivity index (χ1) is 16.4. The number of β-amino-alcohol motifs (C(OH)–C–C–N with tert-alkyl or cyclic N) is 1. The second-order valence-corrected chi connectivity index (χ2v) is 8.44. The van der Waals surface area contributed by atoms with E-state index in [0.717, 1.165) is 22.3 Å². The van der Waals surface area contributed by atoms with E-state index in [1.54, 1.807) is 6.07 Å². The fourth-order valence-corrected chi connectivity index (χ4v) is 4.42. The molecule has 9 heteroatoms. The molecule has 2 heterocycles. The smallest absolute Gasteiger partial charge is 0.407 e. The molecule has 1 fully saturated rings. The molecule has 0 atom stereocenters. The molecule has 1 aliphatic carbocycles. The Morgan fingerprint density at radius 2 is 1.62 bits per heavy atom. The highest BCUT2D eigenvalue weighted by atomic mass is 16.5. The zero-order chi connectivity index (χ0) is 23.9. The first-order valence-corrected chi connectivity index (χ1v) is 10.8. The molecule has 0 radical (unpaired) electrons. The number of hydrogen-bond acceptors (Lipinski definition) is 6. The van der Waals surface area contributed by atoms with Gasteiger partial charge in [0.15, 0.2) is 11.4 Å². The van der Waals surface area contributed by atoms with Crippen molar-refractivity contribution >= 4 is 18.0 Å². The third-order valence-corrected chi connectivity index (χ3v) is 6.21. The third-order valence-electron chi connectivity index (χ3n) is 6.21. The topological polar surface area (TPSA) is 129 Å². The van der Waals surface area contributed by atoms with Crippen molar-refractivity contribution in [3.05, 3.63) is 83.3 Å². The molecular weight excluding hydrogens is 440 g/mol. The Balaban J connectivity index is 1.14. The first kappa shape index (κ1) is 21.7. The molecule has 9 nitrogen and oxygen atoms in total. The lowest BCUT2D eigenvalue weighted by atomic mass is 9.94. The summed E-state index contributed by atoms with van der Waals surface area (Å²) in [5.74, 6) is -1.61. The summed E-state index contributed by atoms with van der Waals surface area (Å²) in [5.41, 5.74) is 2.60. The summed E-state index contributed by atoms with van der Waals surface area (Å²) in [5, 5.41) is 21.3. The fourth-order valence-electron chi connectivity index (χ4n) is 4.42. The molecule has 0 unspecified atom stereocenters. The molecule has 2 aliphatic rings. The third kappa shape index (κ3) is 3.80. The van der Waals surface area contributed by atoms with Gasteiger partial charge < -0.3 is 29.6 Å². The number of fused-ring (bicyclic) bond motifs is 3. The van der Waals surface area contributed by atoms with Gasteiger partial charge in [0.1, 0.15) is 12.4 Å². The standard InChI is InChI=1S/C25H22N2O7/c28-22(27-13-25(32,14-27)23(29)30)21-10-9-15(34-21)11-26-24(31)33-12-20-18-7-3-1-5-16(18)17-6-2-4-8-19(17)20/h1-10,20,32H,11-14H2,(H,26,31)(H,29,30). The molecule has 0 spiro atoms. The zero-order valence-corrected chi connectivity index (χ0v) is 18.1. The monoisotopic (exact) mass is 462 g/mol. The molecule has 3 N–H and O–H groups in total.